The van der Waals surface area contributed by atoms with Gasteiger partial charge in [0.05, 0.1) is 12.0 Å². The van der Waals surface area contributed by atoms with Crippen molar-refractivity contribution < 1.29 is 22.4 Å². The van der Waals surface area contributed by atoms with Crippen LogP contribution < -0.4 is 10.1 Å². The number of carbonyl (C=O) groups excluding carboxylic acids is 1. The van der Waals surface area contributed by atoms with Crippen LogP contribution in [0.2, 0.25) is 0 Å². The van der Waals surface area contributed by atoms with Crippen molar-refractivity contribution in [2.75, 3.05) is 19.5 Å². The molecule has 33 heavy (non-hydrogen) atoms. The van der Waals surface area contributed by atoms with E-state index >= 15 is 0 Å². The summed E-state index contributed by atoms with van der Waals surface area (Å²) in [6.07, 6.45) is 4.98. The lowest BCUT2D eigenvalue weighted by Crippen LogP contribution is -2.38. The van der Waals surface area contributed by atoms with Gasteiger partial charge < -0.3 is 9.15 Å². The number of rotatable bonds is 7. The second kappa shape index (κ2) is 9.72. The normalized spacial score (nSPS) is 14.9. The number of carbonyl (C=O) groups is 1. The van der Waals surface area contributed by atoms with Crippen LogP contribution in [0, 0.1) is 0 Å². The minimum Gasteiger partial charge on any atom is -0.497 e. The molecule has 0 bridgehead atoms. The number of aromatic nitrogens is 2. The van der Waals surface area contributed by atoms with E-state index < -0.39 is 15.9 Å². The standard InChI is InChI=1S/C23H26N4O5S/c1-27(18-8-4-3-5-9-18)33(29,30)20-13-11-16(12-14-20)21(28)24-23-26-25-22(32-23)17-7-6-10-19(15-17)31-2/h6-7,10-15,18H,3-5,8-9H2,1-2H3,(H,24,26,28). The number of benzene rings is 2. The molecule has 1 amide bonds. The van der Waals surface area contributed by atoms with Crippen molar-refractivity contribution in [1.29, 1.82) is 0 Å². The summed E-state index contributed by atoms with van der Waals surface area (Å²) >= 11 is 0. The van der Waals surface area contributed by atoms with E-state index in [2.05, 4.69) is 15.5 Å². The van der Waals surface area contributed by atoms with Crippen LogP contribution in [0.4, 0.5) is 6.01 Å². The lowest BCUT2D eigenvalue weighted by molar-refractivity contribution is 0.102. The highest BCUT2D eigenvalue weighted by Gasteiger charge is 2.29. The Kier molecular flexibility index (Phi) is 6.75. The zero-order valence-electron chi connectivity index (χ0n) is 18.5. The van der Waals surface area contributed by atoms with Crippen LogP contribution in [-0.2, 0) is 10.0 Å². The van der Waals surface area contributed by atoms with Gasteiger partial charge in [0, 0.05) is 24.2 Å². The molecule has 1 aliphatic carbocycles. The van der Waals surface area contributed by atoms with E-state index in [1.54, 1.807) is 38.4 Å². The fourth-order valence-corrected chi connectivity index (χ4v) is 5.32. The van der Waals surface area contributed by atoms with Crippen molar-refractivity contribution >= 4 is 21.9 Å². The molecule has 1 heterocycles. The molecule has 4 rings (SSSR count). The third kappa shape index (κ3) is 5.07. The van der Waals surface area contributed by atoms with Gasteiger partial charge >= 0.3 is 6.01 Å². The maximum absolute atomic E-state index is 13.0. The highest BCUT2D eigenvalue weighted by molar-refractivity contribution is 7.89. The molecule has 2 aromatic carbocycles. The lowest BCUT2D eigenvalue weighted by atomic mass is 9.96. The first-order chi connectivity index (χ1) is 15.9. The number of amides is 1. The van der Waals surface area contributed by atoms with Crippen molar-refractivity contribution in [2.24, 2.45) is 0 Å². The van der Waals surface area contributed by atoms with Crippen molar-refractivity contribution in [3.05, 3.63) is 54.1 Å². The first-order valence-corrected chi connectivity index (χ1v) is 12.2. The highest BCUT2D eigenvalue weighted by Crippen LogP contribution is 2.27. The molecule has 1 fully saturated rings. The number of hydrogen-bond acceptors (Lipinski definition) is 7. The smallest absolute Gasteiger partial charge is 0.322 e. The zero-order chi connectivity index (χ0) is 23.4. The van der Waals surface area contributed by atoms with Gasteiger partial charge in [0.1, 0.15) is 5.75 Å². The SMILES string of the molecule is COc1cccc(-c2nnc(NC(=O)c3ccc(S(=O)(=O)N(C)C4CCCCC4)cc3)o2)c1. The Morgan fingerprint density at radius 1 is 1.09 bits per heavy atom. The fraction of sp³-hybridized carbons (Fsp3) is 0.348. The molecule has 0 unspecified atom stereocenters. The van der Waals surface area contributed by atoms with E-state index in [1.165, 1.54) is 28.6 Å². The molecule has 0 atom stereocenters. The Bertz CT molecular complexity index is 1220. The van der Waals surface area contributed by atoms with E-state index in [1.807, 2.05) is 0 Å². The summed E-state index contributed by atoms with van der Waals surface area (Å²) in [4.78, 5) is 12.7. The summed E-state index contributed by atoms with van der Waals surface area (Å²) in [7, 11) is -0.437. The van der Waals surface area contributed by atoms with Gasteiger partial charge in [-0.2, -0.15) is 4.31 Å². The van der Waals surface area contributed by atoms with Crippen molar-refractivity contribution in [3.8, 4) is 17.2 Å². The quantitative estimate of drug-likeness (QED) is 0.556. The van der Waals surface area contributed by atoms with E-state index in [0.29, 0.717) is 11.3 Å². The average Bonchev–Trinajstić information content (AvgIpc) is 3.32. The zero-order valence-corrected chi connectivity index (χ0v) is 19.3. The third-order valence-corrected chi connectivity index (χ3v) is 7.77. The predicted octanol–water partition coefficient (Wildman–Crippen LogP) is 3.95. The first kappa shape index (κ1) is 22.9. The summed E-state index contributed by atoms with van der Waals surface area (Å²) < 4.78 is 38.1. The summed E-state index contributed by atoms with van der Waals surface area (Å²) in [5, 5.41) is 10.3. The Hall–Kier alpha value is -3.24. The number of hydrogen-bond donors (Lipinski definition) is 1. The van der Waals surface area contributed by atoms with Crippen LogP contribution in [0.5, 0.6) is 5.75 Å². The van der Waals surface area contributed by atoms with E-state index in [4.69, 9.17) is 9.15 Å². The lowest BCUT2D eigenvalue weighted by Gasteiger charge is -2.30. The molecule has 1 aliphatic rings. The third-order valence-electron chi connectivity index (χ3n) is 5.84. The first-order valence-electron chi connectivity index (χ1n) is 10.8. The molecule has 1 saturated carbocycles. The Morgan fingerprint density at radius 3 is 2.52 bits per heavy atom. The molecule has 0 aliphatic heterocycles. The molecule has 1 aromatic heterocycles. The van der Waals surface area contributed by atoms with Gasteiger partial charge in [0.15, 0.2) is 0 Å². The second-order valence-corrected chi connectivity index (χ2v) is 9.93. The number of sulfonamides is 1. The summed E-state index contributed by atoms with van der Waals surface area (Å²) in [5.74, 6) is 0.386. The number of nitrogens with one attached hydrogen (secondary N) is 1. The van der Waals surface area contributed by atoms with Crippen molar-refractivity contribution in [2.45, 2.75) is 43.0 Å². The molecule has 3 aromatic rings. The van der Waals surface area contributed by atoms with E-state index in [-0.39, 0.29) is 28.4 Å². The van der Waals surface area contributed by atoms with E-state index in [9.17, 15) is 13.2 Å². The molecule has 0 spiro atoms. The monoisotopic (exact) mass is 470 g/mol. The number of nitrogens with zero attached hydrogens (tertiary/aromatic N) is 3. The molecule has 1 N–H and O–H groups in total. The number of ether oxygens (including phenoxy) is 1. The van der Waals surface area contributed by atoms with Gasteiger partial charge in [0.2, 0.25) is 15.9 Å². The van der Waals surface area contributed by atoms with Crippen LogP contribution in [0.1, 0.15) is 42.5 Å². The van der Waals surface area contributed by atoms with Crippen LogP contribution >= 0.6 is 0 Å². The molecular formula is C23H26N4O5S. The van der Waals surface area contributed by atoms with Gasteiger partial charge in [-0.25, -0.2) is 8.42 Å². The van der Waals surface area contributed by atoms with Gasteiger partial charge in [-0.3, -0.25) is 10.1 Å². The maximum atomic E-state index is 13.0. The molecular weight excluding hydrogens is 444 g/mol. The van der Waals surface area contributed by atoms with Gasteiger partial charge in [-0.05, 0) is 55.3 Å². The highest BCUT2D eigenvalue weighted by atomic mass is 32.2. The van der Waals surface area contributed by atoms with Crippen LogP contribution in [-0.4, -0.2) is 49.0 Å². The number of anilines is 1. The molecule has 9 nitrogen and oxygen atoms in total. The van der Waals surface area contributed by atoms with Gasteiger partial charge in [-0.15, -0.1) is 5.10 Å². The minimum absolute atomic E-state index is 0.0167. The minimum atomic E-state index is -3.62. The largest absolute Gasteiger partial charge is 0.497 e. The molecule has 0 radical (unpaired) electrons. The maximum Gasteiger partial charge on any atom is 0.322 e. The molecule has 0 saturated heterocycles. The summed E-state index contributed by atoms with van der Waals surface area (Å²) in [6, 6.07) is 12.9. The summed E-state index contributed by atoms with van der Waals surface area (Å²) in [6.45, 7) is 0. The van der Waals surface area contributed by atoms with Gasteiger partial charge in [0.25, 0.3) is 5.91 Å². The van der Waals surface area contributed by atoms with Crippen molar-refractivity contribution in [3.63, 3.8) is 0 Å². The predicted molar refractivity (Wildman–Crippen MR) is 123 cm³/mol. The molecule has 10 heteroatoms. The van der Waals surface area contributed by atoms with Gasteiger partial charge in [-0.1, -0.05) is 30.4 Å². The van der Waals surface area contributed by atoms with Crippen LogP contribution in [0.25, 0.3) is 11.5 Å². The van der Waals surface area contributed by atoms with E-state index in [0.717, 1.165) is 32.1 Å². The fourth-order valence-electron chi connectivity index (χ4n) is 3.90. The average molecular weight is 471 g/mol. The molecule has 174 valence electrons. The number of methoxy groups -OCH3 is 1. The Morgan fingerprint density at radius 2 is 1.82 bits per heavy atom. The van der Waals surface area contributed by atoms with Crippen LogP contribution in [0.15, 0.2) is 57.8 Å². The Balaban J connectivity index is 1.44. The Labute approximate surface area is 192 Å². The van der Waals surface area contributed by atoms with Crippen LogP contribution in [0.3, 0.4) is 0 Å². The van der Waals surface area contributed by atoms with Crippen molar-refractivity contribution in [1.82, 2.24) is 14.5 Å². The second-order valence-electron chi connectivity index (χ2n) is 7.94. The topological polar surface area (TPSA) is 115 Å². The summed E-state index contributed by atoms with van der Waals surface area (Å²) in [5.41, 5.74) is 0.925.